The fraction of sp³-hybridized carbons (Fsp3) is 0.531. The summed E-state index contributed by atoms with van der Waals surface area (Å²) in [5.74, 6) is -3.82. The minimum atomic E-state index is -1.84. The molecule has 3 heterocycles. The van der Waals surface area contributed by atoms with Crippen LogP contribution in [0.4, 0.5) is 0 Å². The van der Waals surface area contributed by atoms with Crippen molar-refractivity contribution < 1.29 is 83.3 Å². The second-order valence-electron chi connectivity index (χ2n) is 11.3. The number of carbonyl (C=O) groups excluding carboxylic acids is 3. The molecule has 3 aliphatic heterocycles. The summed E-state index contributed by atoms with van der Waals surface area (Å²) in [7, 11) is 1.10. The zero-order chi connectivity index (χ0) is 35.8. The van der Waals surface area contributed by atoms with Gasteiger partial charge in [-0.25, -0.2) is 9.59 Å². The van der Waals surface area contributed by atoms with Crippen LogP contribution in [0.1, 0.15) is 18.9 Å². The highest BCUT2D eigenvalue weighted by Crippen LogP contribution is 2.36. The summed E-state index contributed by atoms with van der Waals surface area (Å²) in [5, 5.41) is 71.3. The molecule has 0 aliphatic carbocycles. The number of methoxy groups -OCH3 is 1. The lowest BCUT2D eigenvalue weighted by Crippen LogP contribution is -2.60. The Labute approximate surface area is 280 Å². The van der Waals surface area contributed by atoms with Gasteiger partial charge in [-0.2, -0.15) is 0 Å². The Morgan fingerprint density at radius 2 is 1.49 bits per heavy atom. The molecule has 0 saturated carbocycles. The van der Waals surface area contributed by atoms with Gasteiger partial charge in [-0.1, -0.05) is 36.4 Å². The molecule has 0 radical (unpaired) electrons. The molecule has 1 aromatic carbocycles. The quantitative estimate of drug-likeness (QED) is 0.0559. The van der Waals surface area contributed by atoms with Crippen LogP contribution in [0.3, 0.4) is 0 Å². The van der Waals surface area contributed by atoms with E-state index in [4.69, 9.17) is 33.2 Å². The Kier molecular flexibility index (Phi) is 13.4. The van der Waals surface area contributed by atoms with Gasteiger partial charge in [0.25, 0.3) is 0 Å². The van der Waals surface area contributed by atoms with Crippen molar-refractivity contribution in [2.45, 2.75) is 81.0 Å². The molecule has 7 N–H and O–H groups in total. The maximum absolute atomic E-state index is 13.1. The first-order valence-corrected chi connectivity index (χ1v) is 15.2. The Hall–Kier alpha value is -3.75. The van der Waals surface area contributed by atoms with Crippen LogP contribution in [0.15, 0.2) is 59.9 Å². The first-order valence-electron chi connectivity index (χ1n) is 15.2. The van der Waals surface area contributed by atoms with E-state index >= 15 is 0 Å². The Morgan fingerprint density at radius 1 is 0.857 bits per heavy atom. The number of esters is 3. The lowest BCUT2D eigenvalue weighted by Gasteiger charge is -2.42. The van der Waals surface area contributed by atoms with E-state index in [-0.39, 0.29) is 11.1 Å². The molecule has 0 unspecified atom stereocenters. The largest absolute Gasteiger partial charge is 0.468 e. The van der Waals surface area contributed by atoms with Crippen LogP contribution >= 0.6 is 0 Å². The number of benzene rings is 1. The summed E-state index contributed by atoms with van der Waals surface area (Å²) in [5.41, 5.74) is 0.733. The highest BCUT2D eigenvalue weighted by atomic mass is 16.8. The number of hydrogen-bond donors (Lipinski definition) is 7. The fourth-order valence-corrected chi connectivity index (χ4v) is 5.36. The van der Waals surface area contributed by atoms with Crippen LogP contribution in [-0.2, 0) is 47.5 Å². The van der Waals surface area contributed by atoms with Crippen molar-refractivity contribution in [2.24, 2.45) is 5.92 Å². The maximum Gasteiger partial charge on any atom is 0.337 e. The molecule has 0 bridgehead atoms. The van der Waals surface area contributed by atoms with Crippen LogP contribution in [0.25, 0.3) is 6.08 Å². The van der Waals surface area contributed by atoms with Crippen molar-refractivity contribution >= 4 is 24.0 Å². The fourth-order valence-electron chi connectivity index (χ4n) is 5.36. The van der Waals surface area contributed by atoms with Crippen molar-refractivity contribution in [3.63, 3.8) is 0 Å². The molecule has 2 saturated heterocycles. The van der Waals surface area contributed by atoms with Crippen molar-refractivity contribution in [2.75, 3.05) is 20.3 Å². The average molecular weight is 697 g/mol. The van der Waals surface area contributed by atoms with E-state index < -0.39 is 111 Å². The highest BCUT2D eigenvalue weighted by Gasteiger charge is 2.48. The number of carbonyl (C=O) groups is 3. The molecule has 4 rings (SSSR count). The average Bonchev–Trinajstić information content (AvgIpc) is 3.10. The van der Waals surface area contributed by atoms with E-state index in [1.165, 1.54) is 19.1 Å². The first-order chi connectivity index (χ1) is 23.4. The number of ether oxygens (including phenoxy) is 7. The van der Waals surface area contributed by atoms with E-state index in [2.05, 4.69) is 0 Å². The van der Waals surface area contributed by atoms with Gasteiger partial charge in [0.05, 0.1) is 32.0 Å². The lowest BCUT2D eigenvalue weighted by molar-refractivity contribution is -0.327. The van der Waals surface area contributed by atoms with Crippen molar-refractivity contribution in [1.29, 1.82) is 0 Å². The second-order valence-corrected chi connectivity index (χ2v) is 11.3. The van der Waals surface area contributed by atoms with E-state index in [0.29, 0.717) is 5.56 Å². The van der Waals surface area contributed by atoms with Crippen molar-refractivity contribution in [3.05, 3.63) is 65.5 Å². The molecule has 17 nitrogen and oxygen atoms in total. The van der Waals surface area contributed by atoms with Gasteiger partial charge < -0.3 is 68.9 Å². The molecule has 0 amide bonds. The minimum Gasteiger partial charge on any atom is -0.468 e. The van der Waals surface area contributed by atoms with Crippen LogP contribution in [0, 0.1) is 5.92 Å². The second kappa shape index (κ2) is 17.3. The molecule has 49 heavy (non-hydrogen) atoms. The Balaban J connectivity index is 1.41. The summed E-state index contributed by atoms with van der Waals surface area (Å²) in [4.78, 5) is 38.1. The van der Waals surface area contributed by atoms with Crippen LogP contribution < -0.4 is 0 Å². The van der Waals surface area contributed by atoms with Gasteiger partial charge in [-0.15, -0.1) is 0 Å². The molecule has 3 aliphatic rings. The molecular weight excluding hydrogens is 656 g/mol. The third-order valence-electron chi connectivity index (χ3n) is 8.12. The Morgan fingerprint density at radius 3 is 2.12 bits per heavy atom. The predicted octanol–water partition coefficient (Wildman–Crippen LogP) is -2.22. The van der Waals surface area contributed by atoms with Gasteiger partial charge >= 0.3 is 17.9 Å². The predicted molar refractivity (Wildman–Crippen MR) is 161 cm³/mol. The van der Waals surface area contributed by atoms with Gasteiger partial charge in [-0.3, -0.25) is 4.79 Å². The van der Waals surface area contributed by atoms with Gasteiger partial charge in [0.1, 0.15) is 55.4 Å². The first kappa shape index (κ1) is 38.1. The van der Waals surface area contributed by atoms with Crippen LogP contribution in [-0.4, -0.2) is 142 Å². The van der Waals surface area contributed by atoms with Crippen molar-refractivity contribution in [3.8, 4) is 0 Å². The third kappa shape index (κ3) is 9.08. The van der Waals surface area contributed by atoms with Gasteiger partial charge in [-0.05, 0) is 18.6 Å². The molecule has 12 atom stereocenters. The summed E-state index contributed by atoms with van der Waals surface area (Å²) in [6.07, 6.45) is -13.6. The normalized spacial score (nSPS) is 35.7. The number of aliphatic hydroxyl groups is 7. The van der Waals surface area contributed by atoms with E-state index in [1.807, 2.05) is 0 Å². The van der Waals surface area contributed by atoms with E-state index in [0.717, 1.165) is 19.4 Å². The zero-order valence-corrected chi connectivity index (χ0v) is 26.5. The topological polar surface area (TPSA) is 257 Å². The van der Waals surface area contributed by atoms with E-state index in [1.54, 1.807) is 30.3 Å². The Bertz CT molecular complexity index is 1380. The SMILES string of the molecule is C/C=C1/[C@H](O[C@H]2O[C@@H](CO)[C@H](O)[C@@H](O)[C@@H]2O)OC=C(C(=O)OC)[C@@H]1CC(=O)OC[C@@H]1O[C@H](OC(=O)/C=C/c2ccccc2)[C@@H](O)[C@H](O)[C@H]1O. The number of hydrogen-bond acceptors (Lipinski definition) is 17. The van der Waals surface area contributed by atoms with Gasteiger partial charge in [0, 0.05) is 17.6 Å². The molecule has 2 fully saturated rings. The smallest absolute Gasteiger partial charge is 0.337 e. The highest BCUT2D eigenvalue weighted by molar-refractivity contribution is 5.90. The third-order valence-corrected chi connectivity index (χ3v) is 8.12. The van der Waals surface area contributed by atoms with Crippen LogP contribution in [0.2, 0.25) is 0 Å². The molecule has 270 valence electrons. The number of allylic oxidation sites excluding steroid dienone is 1. The summed E-state index contributed by atoms with van der Waals surface area (Å²) < 4.78 is 37.3. The minimum absolute atomic E-state index is 0.121. The monoisotopic (exact) mass is 696 g/mol. The van der Waals surface area contributed by atoms with Gasteiger partial charge in [0.2, 0.25) is 12.6 Å². The molecular formula is C32H40O17. The maximum atomic E-state index is 13.1. The van der Waals surface area contributed by atoms with Crippen molar-refractivity contribution in [1.82, 2.24) is 0 Å². The van der Waals surface area contributed by atoms with Crippen LogP contribution in [0.5, 0.6) is 0 Å². The lowest BCUT2D eigenvalue weighted by atomic mass is 9.86. The molecule has 0 aromatic heterocycles. The summed E-state index contributed by atoms with van der Waals surface area (Å²) in [6, 6.07) is 8.77. The molecule has 0 spiro atoms. The zero-order valence-electron chi connectivity index (χ0n) is 26.5. The van der Waals surface area contributed by atoms with Gasteiger partial charge in [0.15, 0.2) is 6.29 Å². The summed E-state index contributed by atoms with van der Waals surface area (Å²) >= 11 is 0. The van der Waals surface area contributed by atoms with E-state index in [9.17, 15) is 50.1 Å². The number of aliphatic hydroxyl groups excluding tert-OH is 7. The summed E-state index contributed by atoms with van der Waals surface area (Å²) in [6.45, 7) is 0.155. The molecule has 1 aromatic rings. The standard InChI is InChI=1S/C32H40O17/c1-3-16-17(18(29(42)43-2)13-45-30(16)49-32-28(41)25(38)23(36)19(12-33)46-32)11-22(35)44-14-20-24(37)26(39)27(40)31(47-20)48-21(34)10-9-15-7-5-4-6-8-15/h3-10,13,17,19-20,23-28,30-33,36-41H,11-12,14H2,1-2H3/b10-9+,16-3+/t17-,19+,20+,23+,24+,25-,26-,27+,28+,30+,31-,32-/m1/s1. The molecule has 17 heteroatoms. The number of rotatable bonds is 11.